The fraction of sp³-hybridized carbons (Fsp3) is 0.591. The molecule has 0 unspecified atom stereocenters. The van der Waals surface area contributed by atoms with Gasteiger partial charge in [-0.05, 0) is 5.92 Å². The number of imidazole rings is 3. The Hall–Kier alpha value is -2.37. The lowest BCUT2D eigenvalue weighted by molar-refractivity contribution is 0.572. The molecule has 3 N–H and O–H groups in total. The predicted molar refractivity (Wildman–Crippen MR) is 123 cm³/mol. The summed E-state index contributed by atoms with van der Waals surface area (Å²) in [6.45, 7) is 14.9. The van der Waals surface area contributed by atoms with E-state index in [1.54, 1.807) is 18.9 Å². The van der Waals surface area contributed by atoms with E-state index in [1.165, 1.54) is 11.4 Å². The van der Waals surface area contributed by atoms with Crippen LogP contribution in [0.3, 0.4) is 0 Å². The van der Waals surface area contributed by atoms with Gasteiger partial charge in [-0.3, -0.25) is 0 Å². The van der Waals surface area contributed by atoms with E-state index in [0.29, 0.717) is 11.8 Å². The van der Waals surface area contributed by atoms with Crippen molar-refractivity contribution in [1.82, 2.24) is 29.9 Å². The summed E-state index contributed by atoms with van der Waals surface area (Å²) in [5.74, 6) is 2.15. The van der Waals surface area contributed by atoms with Gasteiger partial charge in [-0.15, -0.1) is 0 Å². The maximum atomic E-state index is 4.06. The number of nitrogens with one attached hydrogen (secondary N) is 3. The molecule has 0 saturated heterocycles. The summed E-state index contributed by atoms with van der Waals surface area (Å²) in [4.78, 5) is 21.0. The average Bonchev–Trinajstić information content (AvgIpc) is 3.28. The van der Waals surface area contributed by atoms with Gasteiger partial charge in [0.25, 0.3) is 0 Å². The van der Waals surface area contributed by atoms with Crippen LogP contribution in [0.1, 0.15) is 99.8 Å². The molecule has 0 atom stereocenters. The summed E-state index contributed by atoms with van der Waals surface area (Å²) in [6, 6.07) is 0. The summed E-state index contributed by atoms with van der Waals surface area (Å²) in [6.07, 6.45) is 10.7. The van der Waals surface area contributed by atoms with E-state index in [2.05, 4.69) is 78.4 Å². The van der Waals surface area contributed by atoms with Crippen molar-refractivity contribution < 1.29 is 0 Å². The summed E-state index contributed by atoms with van der Waals surface area (Å²) in [5.41, 5.74) is 2.59. The summed E-state index contributed by atoms with van der Waals surface area (Å²) >= 11 is 0. The highest BCUT2D eigenvalue weighted by Gasteiger charge is 2.13. The second-order valence-electron chi connectivity index (χ2n) is 7.51. The zero-order valence-corrected chi connectivity index (χ0v) is 16.5. The molecule has 0 fully saturated rings. The standard InChI is InChI=1S/C7H12N2.2C6H10N2.3CH4/c1-7(2,3)6-4-8-5-9-6;1-5(2)6-3-7-4-8-6;1-5(2)6-7-3-4-8-6;;;/h4-5H,1-3H3,(H,8,9);2*3-5H,1-2H3,(H,7,8);3*1H4. The molecule has 0 spiro atoms. The van der Waals surface area contributed by atoms with Crippen molar-refractivity contribution in [3.8, 4) is 0 Å². The third kappa shape index (κ3) is 11.4. The van der Waals surface area contributed by atoms with Crippen LogP contribution in [0, 0.1) is 0 Å². The largest absolute Gasteiger partial charge is 0.348 e. The first kappa shape index (κ1) is 30.4. The Morgan fingerprint density at radius 3 is 1.57 bits per heavy atom. The lowest BCUT2D eigenvalue weighted by atomic mass is 9.93. The van der Waals surface area contributed by atoms with Crippen molar-refractivity contribution in [2.75, 3.05) is 0 Å². The first-order valence-corrected chi connectivity index (χ1v) is 8.68. The van der Waals surface area contributed by atoms with Crippen molar-refractivity contribution in [3.05, 3.63) is 54.7 Å². The second kappa shape index (κ2) is 14.7. The molecule has 6 nitrogen and oxygen atoms in total. The van der Waals surface area contributed by atoms with E-state index in [0.717, 1.165) is 5.82 Å². The molecular weight excluding hydrogens is 348 g/mol. The van der Waals surface area contributed by atoms with Crippen LogP contribution in [0.25, 0.3) is 0 Å². The molecule has 3 aromatic heterocycles. The quantitative estimate of drug-likeness (QED) is 0.454. The van der Waals surface area contributed by atoms with Crippen molar-refractivity contribution in [3.63, 3.8) is 0 Å². The number of hydrogen-bond acceptors (Lipinski definition) is 3. The molecule has 0 bridgehead atoms. The molecular formula is C22H44N6. The van der Waals surface area contributed by atoms with Crippen molar-refractivity contribution in [2.45, 2.75) is 88.0 Å². The van der Waals surface area contributed by atoms with Crippen molar-refractivity contribution in [1.29, 1.82) is 0 Å². The van der Waals surface area contributed by atoms with E-state index in [4.69, 9.17) is 0 Å². The smallest absolute Gasteiger partial charge is 0.108 e. The number of rotatable bonds is 2. The van der Waals surface area contributed by atoms with Crippen LogP contribution in [-0.2, 0) is 5.41 Å². The van der Waals surface area contributed by atoms with Gasteiger partial charge in [-0.2, -0.15) is 0 Å². The molecule has 6 heteroatoms. The number of hydrogen-bond donors (Lipinski definition) is 3. The highest BCUT2D eigenvalue weighted by Crippen LogP contribution is 2.17. The summed E-state index contributed by atoms with van der Waals surface area (Å²) in [5, 5.41) is 0. The normalized spacial score (nSPS) is 9.75. The van der Waals surface area contributed by atoms with Gasteiger partial charge in [0.2, 0.25) is 0 Å². The van der Waals surface area contributed by atoms with Gasteiger partial charge in [-0.25, -0.2) is 15.0 Å². The van der Waals surface area contributed by atoms with Gasteiger partial charge < -0.3 is 15.0 Å². The molecule has 162 valence electrons. The maximum Gasteiger partial charge on any atom is 0.108 e. The summed E-state index contributed by atoms with van der Waals surface area (Å²) < 4.78 is 0. The molecule has 0 aliphatic carbocycles. The van der Waals surface area contributed by atoms with E-state index >= 15 is 0 Å². The Labute approximate surface area is 173 Å². The first-order valence-electron chi connectivity index (χ1n) is 8.68. The average molecular weight is 393 g/mol. The first-order chi connectivity index (χ1) is 11.7. The fourth-order valence-electron chi connectivity index (χ4n) is 1.84. The molecule has 0 aliphatic heterocycles. The molecule has 0 aliphatic rings. The Morgan fingerprint density at radius 1 is 0.786 bits per heavy atom. The monoisotopic (exact) mass is 392 g/mol. The SMILES string of the molecule is C.C.C.CC(C)(C)c1cnc[nH]1.CC(C)c1cnc[nH]1.CC(C)c1ncc[nH]1. The van der Waals surface area contributed by atoms with Crippen LogP contribution in [0.5, 0.6) is 0 Å². The van der Waals surface area contributed by atoms with Crippen LogP contribution in [-0.4, -0.2) is 29.9 Å². The van der Waals surface area contributed by atoms with E-state index in [1.807, 2.05) is 18.6 Å². The molecule has 0 saturated carbocycles. The number of H-pyrrole nitrogens is 3. The van der Waals surface area contributed by atoms with Crippen molar-refractivity contribution >= 4 is 0 Å². The van der Waals surface area contributed by atoms with Gasteiger partial charge in [0.05, 0.1) is 12.7 Å². The lowest BCUT2D eigenvalue weighted by Crippen LogP contribution is -2.10. The van der Waals surface area contributed by atoms with E-state index in [9.17, 15) is 0 Å². The van der Waals surface area contributed by atoms with Crippen molar-refractivity contribution in [2.24, 2.45) is 0 Å². The minimum absolute atomic E-state index is 0. The summed E-state index contributed by atoms with van der Waals surface area (Å²) in [7, 11) is 0. The van der Waals surface area contributed by atoms with Gasteiger partial charge in [-0.1, -0.05) is 70.7 Å². The van der Waals surface area contributed by atoms with Gasteiger partial charge in [0.1, 0.15) is 5.82 Å². The van der Waals surface area contributed by atoms with Crippen LogP contribution < -0.4 is 0 Å². The third-order valence-corrected chi connectivity index (χ3v) is 3.51. The molecule has 3 aromatic rings. The second-order valence-corrected chi connectivity index (χ2v) is 7.51. The van der Waals surface area contributed by atoms with Crippen LogP contribution >= 0.6 is 0 Å². The zero-order valence-electron chi connectivity index (χ0n) is 16.5. The molecule has 3 rings (SSSR count). The van der Waals surface area contributed by atoms with Gasteiger partial charge >= 0.3 is 0 Å². The fourth-order valence-corrected chi connectivity index (χ4v) is 1.84. The topological polar surface area (TPSA) is 86.0 Å². The maximum absolute atomic E-state index is 4.06. The molecule has 0 aromatic carbocycles. The van der Waals surface area contributed by atoms with Gasteiger partial charge in [0, 0.05) is 47.5 Å². The zero-order chi connectivity index (χ0) is 18.9. The number of nitrogens with zero attached hydrogens (tertiary/aromatic N) is 3. The highest BCUT2D eigenvalue weighted by atomic mass is 14.9. The Balaban J connectivity index is -0.000000318. The predicted octanol–water partition coefficient (Wildman–Crippen LogP) is 6.68. The number of aromatic nitrogens is 6. The lowest BCUT2D eigenvalue weighted by Gasteiger charge is -2.14. The van der Waals surface area contributed by atoms with Crippen LogP contribution in [0.2, 0.25) is 0 Å². The van der Waals surface area contributed by atoms with Crippen LogP contribution in [0.15, 0.2) is 37.4 Å². The highest BCUT2D eigenvalue weighted by molar-refractivity contribution is 5.07. The van der Waals surface area contributed by atoms with E-state index < -0.39 is 0 Å². The Kier molecular flexibility index (Phi) is 15.9. The molecule has 3 heterocycles. The minimum atomic E-state index is 0. The molecule has 0 amide bonds. The molecule has 28 heavy (non-hydrogen) atoms. The minimum Gasteiger partial charge on any atom is -0.348 e. The Morgan fingerprint density at radius 2 is 1.36 bits per heavy atom. The van der Waals surface area contributed by atoms with E-state index in [-0.39, 0.29) is 27.7 Å². The molecule has 0 radical (unpaired) electrons. The number of aromatic amines is 3. The van der Waals surface area contributed by atoms with Crippen LogP contribution in [0.4, 0.5) is 0 Å². The third-order valence-electron chi connectivity index (χ3n) is 3.51. The van der Waals surface area contributed by atoms with Gasteiger partial charge in [0.15, 0.2) is 0 Å². The Bertz CT molecular complexity index is 606.